The summed E-state index contributed by atoms with van der Waals surface area (Å²) in [5.74, 6) is 0.421. The zero-order valence-corrected chi connectivity index (χ0v) is 17.4. The van der Waals surface area contributed by atoms with Gasteiger partial charge in [0, 0.05) is 36.7 Å². The third-order valence-electron chi connectivity index (χ3n) is 4.28. The molecule has 0 aliphatic rings. The number of carbonyl (C=O) groups excluding carboxylic acids is 1. The molecule has 30 heavy (non-hydrogen) atoms. The SMILES string of the molecule is CCOc1ccc(NS(=O)(=O)c2ccc(C(=O)NCCCn3ccnc3)cc2)cc1. The average molecular weight is 429 g/mol. The molecule has 0 radical (unpaired) electrons. The number of hydrogen-bond donors (Lipinski definition) is 2. The molecule has 1 aromatic heterocycles. The summed E-state index contributed by atoms with van der Waals surface area (Å²) in [7, 11) is -3.76. The molecular formula is C21H24N4O4S. The standard InChI is InChI=1S/C21H24N4O4S/c1-2-29-19-8-6-18(7-9-19)24-30(27,28)20-10-4-17(5-11-20)21(26)23-12-3-14-25-15-13-22-16-25/h4-11,13,15-16,24H,2-3,12,14H2,1H3,(H,23,26). The lowest BCUT2D eigenvalue weighted by Gasteiger charge is -2.10. The first-order valence-corrected chi connectivity index (χ1v) is 11.1. The summed E-state index contributed by atoms with van der Waals surface area (Å²) in [6, 6.07) is 12.5. The fourth-order valence-electron chi connectivity index (χ4n) is 2.77. The lowest BCUT2D eigenvalue weighted by Crippen LogP contribution is -2.25. The minimum Gasteiger partial charge on any atom is -0.494 e. The largest absolute Gasteiger partial charge is 0.494 e. The number of rotatable bonds is 10. The fraction of sp³-hybridized carbons (Fsp3) is 0.238. The summed E-state index contributed by atoms with van der Waals surface area (Å²) < 4.78 is 34.9. The third kappa shape index (κ3) is 5.84. The number of nitrogens with one attached hydrogen (secondary N) is 2. The highest BCUT2D eigenvalue weighted by Crippen LogP contribution is 2.20. The molecule has 0 bridgehead atoms. The van der Waals surface area contributed by atoms with Gasteiger partial charge in [-0.3, -0.25) is 9.52 Å². The summed E-state index contributed by atoms with van der Waals surface area (Å²) in [5, 5.41) is 2.83. The summed E-state index contributed by atoms with van der Waals surface area (Å²) in [6.07, 6.45) is 6.06. The van der Waals surface area contributed by atoms with Gasteiger partial charge < -0.3 is 14.6 Å². The van der Waals surface area contributed by atoms with Gasteiger partial charge in [-0.25, -0.2) is 13.4 Å². The van der Waals surface area contributed by atoms with Crippen LogP contribution in [0.25, 0.3) is 0 Å². The number of benzene rings is 2. The van der Waals surface area contributed by atoms with Gasteiger partial charge >= 0.3 is 0 Å². The first kappa shape index (κ1) is 21.4. The Bertz CT molecular complexity index is 1050. The maximum absolute atomic E-state index is 12.6. The van der Waals surface area contributed by atoms with Gasteiger partial charge in [0.1, 0.15) is 5.75 Å². The van der Waals surface area contributed by atoms with Crippen molar-refractivity contribution in [3.63, 3.8) is 0 Å². The highest BCUT2D eigenvalue weighted by molar-refractivity contribution is 7.92. The Balaban J connectivity index is 1.54. The average Bonchev–Trinajstić information content (AvgIpc) is 3.26. The smallest absolute Gasteiger partial charge is 0.261 e. The molecule has 2 aromatic carbocycles. The van der Waals surface area contributed by atoms with Crippen molar-refractivity contribution < 1.29 is 17.9 Å². The molecule has 1 amide bonds. The van der Waals surface area contributed by atoms with Gasteiger partial charge in [0.2, 0.25) is 0 Å². The topological polar surface area (TPSA) is 102 Å². The second-order valence-electron chi connectivity index (χ2n) is 6.50. The van der Waals surface area contributed by atoms with Crippen LogP contribution in [-0.2, 0) is 16.6 Å². The predicted molar refractivity (Wildman–Crippen MR) is 114 cm³/mol. The first-order chi connectivity index (χ1) is 14.5. The van der Waals surface area contributed by atoms with Crippen LogP contribution in [0.2, 0.25) is 0 Å². The quantitative estimate of drug-likeness (QED) is 0.484. The van der Waals surface area contributed by atoms with Crippen molar-refractivity contribution >= 4 is 21.6 Å². The van der Waals surface area contributed by atoms with Crippen LogP contribution in [0.5, 0.6) is 5.75 Å². The molecule has 0 spiro atoms. The van der Waals surface area contributed by atoms with Crippen LogP contribution in [0.4, 0.5) is 5.69 Å². The number of ether oxygens (including phenoxy) is 1. The molecule has 0 atom stereocenters. The van der Waals surface area contributed by atoms with Gasteiger partial charge in [-0.05, 0) is 61.9 Å². The van der Waals surface area contributed by atoms with E-state index in [9.17, 15) is 13.2 Å². The molecule has 3 rings (SSSR count). The number of nitrogens with zero attached hydrogens (tertiary/aromatic N) is 2. The number of carbonyl (C=O) groups is 1. The van der Waals surface area contributed by atoms with E-state index in [2.05, 4.69) is 15.0 Å². The normalized spacial score (nSPS) is 11.1. The Kier molecular flexibility index (Phi) is 7.08. The van der Waals surface area contributed by atoms with Crippen LogP contribution in [0.15, 0.2) is 72.1 Å². The van der Waals surface area contributed by atoms with E-state index in [4.69, 9.17) is 4.74 Å². The molecule has 3 aromatic rings. The highest BCUT2D eigenvalue weighted by atomic mass is 32.2. The van der Waals surface area contributed by atoms with Crippen LogP contribution >= 0.6 is 0 Å². The number of imidazole rings is 1. The molecule has 158 valence electrons. The van der Waals surface area contributed by atoms with E-state index >= 15 is 0 Å². The molecule has 0 aliphatic heterocycles. The van der Waals surface area contributed by atoms with Crippen LogP contribution in [0.3, 0.4) is 0 Å². The van der Waals surface area contributed by atoms with E-state index in [1.165, 1.54) is 24.3 Å². The fourth-order valence-corrected chi connectivity index (χ4v) is 3.83. The van der Waals surface area contributed by atoms with E-state index < -0.39 is 10.0 Å². The molecule has 0 fully saturated rings. The van der Waals surface area contributed by atoms with E-state index in [0.717, 1.165) is 13.0 Å². The van der Waals surface area contributed by atoms with Gasteiger partial charge in [0.25, 0.3) is 15.9 Å². The first-order valence-electron chi connectivity index (χ1n) is 9.57. The van der Waals surface area contributed by atoms with E-state index in [1.807, 2.05) is 17.7 Å². The maximum Gasteiger partial charge on any atom is 0.261 e. The second kappa shape index (κ2) is 9.93. The summed E-state index contributed by atoms with van der Waals surface area (Å²) in [5.41, 5.74) is 0.829. The van der Waals surface area contributed by atoms with Gasteiger partial charge in [-0.1, -0.05) is 0 Å². The molecular weight excluding hydrogens is 404 g/mol. The molecule has 2 N–H and O–H groups in total. The molecule has 1 heterocycles. The molecule has 0 saturated heterocycles. The van der Waals surface area contributed by atoms with Gasteiger partial charge in [0.05, 0.1) is 17.8 Å². The van der Waals surface area contributed by atoms with Crippen LogP contribution in [0.1, 0.15) is 23.7 Å². The number of aryl methyl sites for hydroxylation is 1. The monoisotopic (exact) mass is 428 g/mol. The Labute approximate surface area is 176 Å². The molecule has 8 nitrogen and oxygen atoms in total. The lowest BCUT2D eigenvalue weighted by molar-refractivity contribution is 0.0952. The second-order valence-corrected chi connectivity index (χ2v) is 8.18. The third-order valence-corrected chi connectivity index (χ3v) is 5.68. The number of sulfonamides is 1. The maximum atomic E-state index is 12.6. The summed E-state index contributed by atoms with van der Waals surface area (Å²) in [4.78, 5) is 16.3. The lowest BCUT2D eigenvalue weighted by atomic mass is 10.2. The Morgan fingerprint density at radius 3 is 2.47 bits per heavy atom. The van der Waals surface area contributed by atoms with Gasteiger partial charge in [-0.2, -0.15) is 0 Å². The Hall–Kier alpha value is -3.33. The highest BCUT2D eigenvalue weighted by Gasteiger charge is 2.15. The number of anilines is 1. The zero-order valence-electron chi connectivity index (χ0n) is 16.6. The van der Waals surface area contributed by atoms with Gasteiger partial charge in [0.15, 0.2) is 0 Å². The number of hydrogen-bond acceptors (Lipinski definition) is 5. The van der Waals surface area contributed by atoms with Crippen LogP contribution in [-0.4, -0.2) is 37.0 Å². The van der Waals surface area contributed by atoms with Crippen molar-refractivity contribution in [3.8, 4) is 5.75 Å². The molecule has 9 heteroatoms. The molecule has 0 unspecified atom stereocenters. The molecule has 0 aliphatic carbocycles. The minimum atomic E-state index is -3.76. The predicted octanol–water partition coefficient (Wildman–Crippen LogP) is 2.90. The Morgan fingerprint density at radius 2 is 1.83 bits per heavy atom. The van der Waals surface area contributed by atoms with Crippen molar-refractivity contribution in [2.45, 2.75) is 24.8 Å². The van der Waals surface area contributed by atoms with Crippen LogP contribution < -0.4 is 14.8 Å². The van der Waals surface area contributed by atoms with Crippen molar-refractivity contribution in [2.75, 3.05) is 17.9 Å². The van der Waals surface area contributed by atoms with Crippen molar-refractivity contribution in [1.82, 2.24) is 14.9 Å². The number of aromatic nitrogens is 2. The summed E-state index contributed by atoms with van der Waals surface area (Å²) in [6.45, 7) is 3.68. The van der Waals surface area contributed by atoms with Gasteiger partial charge in [-0.15, -0.1) is 0 Å². The van der Waals surface area contributed by atoms with Crippen molar-refractivity contribution in [3.05, 3.63) is 72.8 Å². The summed E-state index contributed by atoms with van der Waals surface area (Å²) >= 11 is 0. The van der Waals surface area contributed by atoms with E-state index in [1.54, 1.807) is 36.8 Å². The molecule has 0 saturated carbocycles. The van der Waals surface area contributed by atoms with E-state index in [-0.39, 0.29) is 10.8 Å². The Morgan fingerprint density at radius 1 is 1.10 bits per heavy atom. The van der Waals surface area contributed by atoms with Crippen molar-refractivity contribution in [1.29, 1.82) is 0 Å². The van der Waals surface area contributed by atoms with E-state index in [0.29, 0.717) is 30.2 Å². The number of amides is 1. The van der Waals surface area contributed by atoms with Crippen LogP contribution in [0, 0.1) is 0 Å². The minimum absolute atomic E-state index is 0.0769. The van der Waals surface area contributed by atoms with Crippen molar-refractivity contribution in [2.24, 2.45) is 0 Å². The zero-order chi connectivity index (χ0) is 21.4.